The molecule has 2 aromatic heterocycles. The zero-order valence-electron chi connectivity index (χ0n) is 19.0. The highest BCUT2D eigenvalue weighted by Crippen LogP contribution is 2.57. The summed E-state index contributed by atoms with van der Waals surface area (Å²) >= 11 is 0. The van der Waals surface area contributed by atoms with Crippen LogP contribution >= 0.6 is 0 Å². The van der Waals surface area contributed by atoms with Gasteiger partial charge in [-0.05, 0) is 73.8 Å². The number of pyridine rings is 1. The lowest BCUT2D eigenvalue weighted by molar-refractivity contribution is -0.128. The molecule has 3 N–H and O–H groups in total. The third-order valence-electron chi connectivity index (χ3n) is 6.60. The van der Waals surface area contributed by atoms with E-state index in [1.54, 1.807) is 0 Å². The molecule has 2 aromatic rings. The molecule has 0 saturated heterocycles. The van der Waals surface area contributed by atoms with Crippen molar-refractivity contribution in [3.05, 3.63) is 72.1 Å². The standard InChI is InChI=1S/C26H34FN3O2/c1-4-6-19(21-11-15-28-18(21)3)10-12-26(13-14-26)22(7-5-2)25(32)30-17-24(31)23-9-8-20(27)16-29-23/h4,6,8-9,11,15-16,22,24,28,31H,1,5,7,10,12-14,17H2,2-3H3,(H,30,32)/b19-6-/t22-,24+/m1/s1. The average molecular weight is 440 g/mol. The third kappa shape index (κ3) is 5.74. The first-order valence-corrected chi connectivity index (χ1v) is 11.4. The van der Waals surface area contributed by atoms with E-state index in [1.165, 1.54) is 23.3 Å². The van der Waals surface area contributed by atoms with Crippen molar-refractivity contribution in [1.82, 2.24) is 15.3 Å². The first-order valence-electron chi connectivity index (χ1n) is 11.4. The molecule has 0 spiro atoms. The number of aromatic nitrogens is 2. The van der Waals surface area contributed by atoms with E-state index in [9.17, 15) is 14.3 Å². The molecule has 6 heteroatoms. The smallest absolute Gasteiger partial charge is 0.223 e. The molecule has 2 atom stereocenters. The van der Waals surface area contributed by atoms with E-state index < -0.39 is 11.9 Å². The van der Waals surface area contributed by atoms with E-state index in [-0.39, 0.29) is 23.8 Å². The second kappa shape index (κ2) is 10.7. The maximum atomic E-state index is 13.1. The van der Waals surface area contributed by atoms with Crippen LogP contribution in [0.15, 0.2) is 49.3 Å². The second-order valence-electron chi connectivity index (χ2n) is 8.81. The molecule has 172 valence electrons. The Kier molecular flexibility index (Phi) is 8.02. The summed E-state index contributed by atoms with van der Waals surface area (Å²) in [7, 11) is 0. The summed E-state index contributed by atoms with van der Waals surface area (Å²) in [5.74, 6) is -0.556. The molecule has 1 saturated carbocycles. The topological polar surface area (TPSA) is 78.0 Å². The lowest BCUT2D eigenvalue weighted by Crippen LogP contribution is -2.38. The monoisotopic (exact) mass is 439 g/mol. The van der Waals surface area contributed by atoms with Crippen LogP contribution in [0.4, 0.5) is 4.39 Å². The fourth-order valence-corrected chi connectivity index (χ4v) is 4.58. The summed E-state index contributed by atoms with van der Waals surface area (Å²) in [4.78, 5) is 20.3. The number of nitrogens with zero attached hydrogens (tertiary/aromatic N) is 1. The lowest BCUT2D eigenvalue weighted by atomic mass is 9.80. The molecule has 1 aliphatic rings. The SMILES string of the molecule is C=C/C=C(/CCC1([C@H](CCC)C(=O)NC[C@H](O)c2ccc(F)cn2)CC1)c1cc[nH]c1C. The number of hydrogen-bond donors (Lipinski definition) is 3. The van der Waals surface area contributed by atoms with Crippen LogP contribution in [0.2, 0.25) is 0 Å². The van der Waals surface area contributed by atoms with Crippen LogP contribution < -0.4 is 5.32 Å². The van der Waals surface area contributed by atoms with Crippen LogP contribution in [-0.2, 0) is 4.79 Å². The van der Waals surface area contributed by atoms with Gasteiger partial charge in [0.05, 0.1) is 11.9 Å². The van der Waals surface area contributed by atoms with Crippen molar-refractivity contribution in [2.45, 2.75) is 58.5 Å². The van der Waals surface area contributed by atoms with Gasteiger partial charge < -0.3 is 15.4 Å². The average Bonchev–Trinajstić information content (AvgIpc) is 3.45. The predicted molar refractivity (Wildman–Crippen MR) is 125 cm³/mol. The number of allylic oxidation sites excluding steroid dienone is 3. The summed E-state index contributed by atoms with van der Waals surface area (Å²) < 4.78 is 13.1. The highest BCUT2D eigenvalue weighted by Gasteiger charge is 2.51. The number of amides is 1. The van der Waals surface area contributed by atoms with Gasteiger partial charge >= 0.3 is 0 Å². The largest absolute Gasteiger partial charge is 0.385 e. The fourth-order valence-electron chi connectivity index (χ4n) is 4.58. The summed E-state index contributed by atoms with van der Waals surface area (Å²) in [5.41, 5.74) is 3.92. The van der Waals surface area contributed by atoms with Gasteiger partial charge in [0.1, 0.15) is 11.9 Å². The number of aromatic amines is 1. The van der Waals surface area contributed by atoms with Gasteiger partial charge in [0.15, 0.2) is 0 Å². The Labute approximate surface area is 189 Å². The number of aryl methyl sites for hydroxylation is 1. The van der Waals surface area contributed by atoms with Gasteiger partial charge in [0, 0.05) is 24.4 Å². The summed E-state index contributed by atoms with van der Waals surface area (Å²) in [6.45, 7) is 8.09. The minimum absolute atomic E-state index is 0.00361. The quantitative estimate of drug-likeness (QED) is 0.395. The number of H-pyrrole nitrogens is 1. The van der Waals surface area contributed by atoms with Crippen LogP contribution in [0, 0.1) is 24.1 Å². The zero-order chi connectivity index (χ0) is 23.1. The number of nitrogens with one attached hydrogen (secondary N) is 2. The van der Waals surface area contributed by atoms with Crippen LogP contribution in [0.3, 0.4) is 0 Å². The van der Waals surface area contributed by atoms with Crippen molar-refractivity contribution in [2.24, 2.45) is 11.3 Å². The van der Waals surface area contributed by atoms with Gasteiger partial charge in [0.25, 0.3) is 0 Å². The second-order valence-corrected chi connectivity index (χ2v) is 8.81. The van der Waals surface area contributed by atoms with Crippen LogP contribution in [-0.4, -0.2) is 27.5 Å². The number of aliphatic hydroxyl groups excluding tert-OH is 1. The molecule has 1 amide bonds. The molecule has 1 fully saturated rings. The molecule has 2 heterocycles. The van der Waals surface area contributed by atoms with E-state index >= 15 is 0 Å². The zero-order valence-corrected chi connectivity index (χ0v) is 19.0. The number of carbonyl (C=O) groups is 1. The molecule has 0 aromatic carbocycles. The van der Waals surface area contributed by atoms with E-state index in [4.69, 9.17) is 0 Å². The predicted octanol–water partition coefficient (Wildman–Crippen LogP) is 5.25. The summed E-state index contributed by atoms with van der Waals surface area (Å²) in [6, 6.07) is 4.78. The first-order chi connectivity index (χ1) is 15.4. The minimum Gasteiger partial charge on any atom is -0.385 e. The highest BCUT2D eigenvalue weighted by atomic mass is 19.1. The van der Waals surface area contributed by atoms with Gasteiger partial charge in [0.2, 0.25) is 5.91 Å². The number of aliphatic hydroxyl groups is 1. The Morgan fingerprint density at radius 3 is 2.75 bits per heavy atom. The van der Waals surface area contributed by atoms with Crippen molar-refractivity contribution in [3.8, 4) is 0 Å². The molecular weight excluding hydrogens is 405 g/mol. The van der Waals surface area contributed by atoms with E-state index in [0.717, 1.165) is 50.4 Å². The first kappa shape index (κ1) is 23.9. The van der Waals surface area contributed by atoms with E-state index in [1.807, 2.05) is 12.3 Å². The van der Waals surface area contributed by atoms with Gasteiger partial charge in [-0.2, -0.15) is 0 Å². The fraction of sp³-hybridized carbons (Fsp3) is 0.462. The maximum Gasteiger partial charge on any atom is 0.223 e. The normalized spacial score (nSPS) is 16.9. The van der Waals surface area contributed by atoms with E-state index in [2.05, 4.69) is 47.9 Å². The summed E-state index contributed by atoms with van der Waals surface area (Å²) in [6.07, 6.45) is 11.6. The molecule has 32 heavy (non-hydrogen) atoms. The van der Waals surface area contributed by atoms with Gasteiger partial charge in [-0.15, -0.1) is 0 Å². The molecule has 5 nitrogen and oxygen atoms in total. The molecule has 0 aliphatic heterocycles. The molecule has 0 radical (unpaired) electrons. The van der Waals surface area contributed by atoms with Gasteiger partial charge in [-0.1, -0.05) is 32.1 Å². The van der Waals surface area contributed by atoms with Crippen molar-refractivity contribution < 1.29 is 14.3 Å². The van der Waals surface area contributed by atoms with Crippen molar-refractivity contribution in [3.63, 3.8) is 0 Å². The lowest BCUT2D eigenvalue weighted by Gasteiger charge is -2.27. The Morgan fingerprint density at radius 1 is 1.41 bits per heavy atom. The Morgan fingerprint density at radius 2 is 2.19 bits per heavy atom. The number of rotatable bonds is 12. The van der Waals surface area contributed by atoms with Crippen LogP contribution in [0.5, 0.6) is 0 Å². The molecule has 3 rings (SSSR count). The van der Waals surface area contributed by atoms with Crippen LogP contribution in [0.25, 0.3) is 5.57 Å². The third-order valence-corrected chi connectivity index (χ3v) is 6.60. The Bertz CT molecular complexity index is 944. The number of carbonyl (C=O) groups excluding carboxylic acids is 1. The molecule has 0 unspecified atom stereocenters. The van der Waals surface area contributed by atoms with Crippen molar-refractivity contribution >= 4 is 11.5 Å². The molecular formula is C26H34FN3O2. The molecule has 0 bridgehead atoms. The van der Waals surface area contributed by atoms with Crippen molar-refractivity contribution in [1.29, 1.82) is 0 Å². The number of hydrogen-bond acceptors (Lipinski definition) is 3. The molecule has 1 aliphatic carbocycles. The summed E-state index contributed by atoms with van der Waals surface area (Å²) in [5, 5.41) is 13.3. The van der Waals surface area contributed by atoms with Crippen molar-refractivity contribution in [2.75, 3.05) is 6.54 Å². The highest BCUT2D eigenvalue weighted by molar-refractivity contribution is 5.80. The Balaban J connectivity index is 1.63. The van der Waals surface area contributed by atoms with Gasteiger partial charge in [-0.25, -0.2) is 4.39 Å². The van der Waals surface area contributed by atoms with Crippen LogP contribution in [0.1, 0.15) is 68.5 Å². The number of halogens is 1. The van der Waals surface area contributed by atoms with E-state index in [0.29, 0.717) is 5.69 Å². The van der Waals surface area contributed by atoms with Gasteiger partial charge in [-0.3, -0.25) is 9.78 Å². The maximum absolute atomic E-state index is 13.1. The minimum atomic E-state index is -0.962. The Hall–Kier alpha value is -2.73.